The first-order valence-corrected chi connectivity index (χ1v) is 9.52. The van der Waals surface area contributed by atoms with Gasteiger partial charge in [0.05, 0.1) is 16.0 Å². The van der Waals surface area contributed by atoms with Crippen LogP contribution in [-0.2, 0) is 22.4 Å². The summed E-state index contributed by atoms with van der Waals surface area (Å²) in [6.07, 6.45) is -10.1. The summed E-state index contributed by atoms with van der Waals surface area (Å²) < 4.78 is 101. The third kappa shape index (κ3) is 6.30. The van der Waals surface area contributed by atoms with Crippen LogP contribution in [0.3, 0.4) is 0 Å². The monoisotopic (exact) mass is 457 g/mol. The summed E-state index contributed by atoms with van der Waals surface area (Å²) in [6, 6.07) is 6.46. The van der Waals surface area contributed by atoms with E-state index in [4.69, 9.17) is 12.2 Å². The van der Waals surface area contributed by atoms with Gasteiger partial charge in [0.1, 0.15) is 0 Å². The Hall–Kier alpha value is -2.38. The number of nitrogens with one attached hydrogen (secondary N) is 3. The van der Waals surface area contributed by atoms with Crippen molar-refractivity contribution in [1.82, 2.24) is 10.3 Å². The summed E-state index contributed by atoms with van der Waals surface area (Å²) in [4.78, 5) is 1.75. The van der Waals surface area contributed by atoms with Crippen molar-refractivity contribution in [3.05, 3.63) is 59.2 Å². The minimum Gasteiger partial charge on any atom is -0.332 e. The van der Waals surface area contributed by atoms with Gasteiger partial charge in [-0.05, 0) is 49.5 Å². The number of benzene rings is 2. The number of hydrogen-bond donors (Lipinski definition) is 3. The lowest BCUT2D eigenvalue weighted by Crippen LogP contribution is -2.43. The molecule has 0 spiro atoms. The molecule has 0 aliphatic heterocycles. The smallest absolute Gasteiger partial charge is 0.332 e. The van der Waals surface area contributed by atoms with Crippen LogP contribution < -0.4 is 15.6 Å². The van der Waals surface area contributed by atoms with Gasteiger partial charge in [0, 0.05) is 5.69 Å². The molecule has 0 aliphatic carbocycles. The number of alkyl halides is 6. The number of sulfonamides is 1. The van der Waals surface area contributed by atoms with E-state index in [9.17, 15) is 34.8 Å². The number of hydrazine groups is 1. The maximum Gasteiger partial charge on any atom is 0.416 e. The molecule has 0 radical (unpaired) electrons. The quantitative estimate of drug-likeness (QED) is 0.365. The summed E-state index contributed by atoms with van der Waals surface area (Å²) in [5.74, 6) is 0. The van der Waals surface area contributed by atoms with E-state index in [1.165, 1.54) is 24.3 Å². The van der Waals surface area contributed by atoms with Gasteiger partial charge in [0.15, 0.2) is 5.11 Å². The lowest BCUT2D eigenvalue weighted by Gasteiger charge is -2.16. The van der Waals surface area contributed by atoms with Gasteiger partial charge in [-0.15, -0.1) is 4.83 Å². The SMILES string of the molecule is Cc1ccc(S(=O)(=O)NNC(=S)Nc2cc(C(F)(F)F)cc(C(F)(F)F)c2)cc1. The molecule has 0 fully saturated rings. The highest BCUT2D eigenvalue weighted by atomic mass is 32.2. The second-order valence-electron chi connectivity index (χ2n) is 5.79. The molecule has 29 heavy (non-hydrogen) atoms. The van der Waals surface area contributed by atoms with Crippen molar-refractivity contribution in [2.75, 3.05) is 5.32 Å². The van der Waals surface area contributed by atoms with E-state index >= 15 is 0 Å². The molecule has 13 heteroatoms. The Bertz CT molecular complexity index is 971. The van der Waals surface area contributed by atoms with Gasteiger partial charge in [-0.2, -0.15) is 26.3 Å². The fourth-order valence-electron chi connectivity index (χ4n) is 2.08. The van der Waals surface area contributed by atoms with Crippen LogP contribution in [0.25, 0.3) is 0 Å². The van der Waals surface area contributed by atoms with Crippen molar-refractivity contribution in [2.45, 2.75) is 24.2 Å². The van der Waals surface area contributed by atoms with Gasteiger partial charge >= 0.3 is 12.4 Å². The highest BCUT2D eigenvalue weighted by Crippen LogP contribution is 2.37. The van der Waals surface area contributed by atoms with E-state index in [1.54, 1.807) is 6.92 Å². The minimum atomic E-state index is -5.03. The standard InChI is InChI=1S/C16H13F6N3O2S2/c1-9-2-4-13(5-3-9)29(26,27)25-24-14(28)23-12-7-10(15(17,18)19)6-11(8-12)16(20,21)22/h2-8,25H,1H3,(H2,23,24,28). The first-order chi connectivity index (χ1) is 13.2. The van der Waals surface area contributed by atoms with Crippen LogP contribution in [0.1, 0.15) is 16.7 Å². The summed E-state index contributed by atoms with van der Waals surface area (Å²) in [5, 5.41) is 1.53. The van der Waals surface area contributed by atoms with Crippen molar-refractivity contribution >= 4 is 33.0 Å². The van der Waals surface area contributed by atoms with Crippen LogP contribution in [0.15, 0.2) is 47.4 Å². The lowest BCUT2D eigenvalue weighted by atomic mass is 10.1. The first-order valence-electron chi connectivity index (χ1n) is 7.63. The molecule has 5 nitrogen and oxygen atoms in total. The highest BCUT2D eigenvalue weighted by Gasteiger charge is 2.37. The van der Waals surface area contributed by atoms with Gasteiger partial charge in [-0.25, -0.2) is 8.42 Å². The maximum atomic E-state index is 12.9. The summed E-state index contributed by atoms with van der Waals surface area (Å²) in [5.41, 5.74) is -0.888. The molecular weight excluding hydrogens is 444 g/mol. The molecule has 0 bridgehead atoms. The zero-order valence-corrected chi connectivity index (χ0v) is 16.1. The minimum absolute atomic E-state index is 0.0399. The normalized spacial score (nSPS) is 12.5. The van der Waals surface area contributed by atoms with Crippen molar-refractivity contribution < 1.29 is 34.8 Å². The van der Waals surface area contributed by atoms with Crippen LogP contribution in [0.5, 0.6) is 0 Å². The van der Waals surface area contributed by atoms with Gasteiger partial charge in [0.25, 0.3) is 10.0 Å². The molecule has 2 aromatic rings. The molecule has 158 valence electrons. The fourth-order valence-corrected chi connectivity index (χ4v) is 3.16. The Labute approximate surface area is 167 Å². The van der Waals surface area contributed by atoms with Gasteiger partial charge in [-0.1, -0.05) is 17.7 Å². The van der Waals surface area contributed by atoms with E-state index in [2.05, 4.69) is 5.32 Å². The number of aryl methyl sites for hydroxylation is 1. The number of halogens is 6. The molecule has 0 heterocycles. The Morgan fingerprint density at radius 1 is 0.897 bits per heavy atom. The third-order valence-corrected chi connectivity index (χ3v) is 4.94. The Morgan fingerprint density at radius 3 is 1.83 bits per heavy atom. The van der Waals surface area contributed by atoms with E-state index in [-0.39, 0.29) is 11.0 Å². The Morgan fingerprint density at radius 2 is 1.38 bits per heavy atom. The molecular formula is C16H13F6N3O2S2. The second kappa shape index (κ2) is 8.16. The highest BCUT2D eigenvalue weighted by molar-refractivity contribution is 7.89. The zero-order chi connectivity index (χ0) is 22.0. The molecule has 0 aromatic heterocycles. The van der Waals surface area contributed by atoms with E-state index in [0.717, 1.165) is 5.56 Å². The van der Waals surface area contributed by atoms with Crippen LogP contribution in [0.4, 0.5) is 32.0 Å². The van der Waals surface area contributed by atoms with Gasteiger partial charge < -0.3 is 5.32 Å². The first kappa shape index (κ1) is 22.9. The van der Waals surface area contributed by atoms with Gasteiger partial charge in [-0.3, -0.25) is 5.43 Å². The molecule has 2 rings (SSSR count). The van der Waals surface area contributed by atoms with Crippen LogP contribution >= 0.6 is 12.2 Å². The van der Waals surface area contributed by atoms with E-state index in [1.807, 2.05) is 10.3 Å². The summed E-state index contributed by atoms with van der Waals surface area (Å²) >= 11 is 4.74. The van der Waals surface area contributed by atoms with Crippen molar-refractivity contribution in [1.29, 1.82) is 0 Å². The van der Waals surface area contributed by atoms with Crippen molar-refractivity contribution in [3.8, 4) is 0 Å². The molecule has 2 aromatic carbocycles. The number of thiocarbonyl (C=S) groups is 1. The topological polar surface area (TPSA) is 70.2 Å². The van der Waals surface area contributed by atoms with Crippen molar-refractivity contribution in [3.63, 3.8) is 0 Å². The molecule has 0 saturated carbocycles. The average Bonchev–Trinajstić information content (AvgIpc) is 2.59. The number of hydrogen-bond acceptors (Lipinski definition) is 3. The predicted molar refractivity (Wildman–Crippen MR) is 97.3 cm³/mol. The molecule has 0 aliphatic rings. The van der Waals surface area contributed by atoms with Crippen LogP contribution in [0.2, 0.25) is 0 Å². The second-order valence-corrected chi connectivity index (χ2v) is 7.88. The van der Waals surface area contributed by atoms with E-state index < -0.39 is 44.3 Å². The predicted octanol–water partition coefficient (Wildman–Crippen LogP) is 4.21. The van der Waals surface area contributed by atoms with Crippen molar-refractivity contribution in [2.24, 2.45) is 0 Å². The zero-order valence-electron chi connectivity index (χ0n) is 14.4. The summed E-state index contributed by atoms with van der Waals surface area (Å²) in [7, 11) is -4.08. The molecule has 0 unspecified atom stereocenters. The molecule has 3 N–H and O–H groups in total. The molecule has 0 atom stereocenters. The number of anilines is 1. The molecule has 0 amide bonds. The fraction of sp³-hybridized carbons (Fsp3) is 0.188. The van der Waals surface area contributed by atoms with Crippen LogP contribution in [0, 0.1) is 6.92 Å². The Kier molecular flexibility index (Phi) is 6.45. The van der Waals surface area contributed by atoms with Crippen LogP contribution in [-0.4, -0.2) is 13.5 Å². The molecule has 0 saturated heterocycles. The third-order valence-electron chi connectivity index (χ3n) is 3.48. The largest absolute Gasteiger partial charge is 0.416 e. The van der Waals surface area contributed by atoms with E-state index in [0.29, 0.717) is 12.1 Å². The lowest BCUT2D eigenvalue weighted by molar-refractivity contribution is -0.143. The Balaban J connectivity index is 2.17. The average molecular weight is 457 g/mol. The van der Waals surface area contributed by atoms with Gasteiger partial charge in [0.2, 0.25) is 0 Å². The summed E-state index contributed by atoms with van der Waals surface area (Å²) in [6.45, 7) is 1.74. The number of rotatable bonds is 4. The maximum absolute atomic E-state index is 12.9.